The molecule has 0 bridgehead atoms. The molecule has 3 heterocycles. The van der Waals surface area contributed by atoms with E-state index in [4.69, 9.17) is 4.52 Å². The van der Waals surface area contributed by atoms with Crippen LogP contribution in [0.4, 0.5) is 0 Å². The molecule has 0 atom stereocenters. The van der Waals surface area contributed by atoms with Gasteiger partial charge in [0.1, 0.15) is 17.0 Å². The molecular formula is C10H6N2OS2. The van der Waals surface area contributed by atoms with E-state index in [0.29, 0.717) is 0 Å². The van der Waals surface area contributed by atoms with Gasteiger partial charge in [-0.05, 0) is 11.4 Å². The molecule has 0 saturated carbocycles. The zero-order valence-corrected chi connectivity index (χ0v) is 9.22. The third kappa shape index (κ3) is 1.60. The molecule has 0 unspecified atom stereocenters. The molecule has 0 aliphatic heterocycles. The van der Waals surface area contributed by atoms with Crippen LogP contribution in [-0.2, 0) is 0 Å². The first-order valence-electron chi connectivity index (χ1n) is 4.33. The van der Waals surface area contributed by atoms with E-state index in [2.05, 4.69) is 16.2 Å². The molecule has 0 aliphatic carbocycles. The molecule has 74 valence electrons. The van der Waals surface area contributed by atoms with Crippen LogP contribution in [0.1, 0.15) is 0 Å². The lowest BCUT2D eigenvalue weighted by atomic mass is 10.4. The first kappa shape index (κ1) is 8.82. The van der Waals surface area contributed by atoms with Crippen LogP contribution in [0.5, 0.6) is 0 Å². The van der Waals surface area contributed by atoms with Gasteiger partial charge in [-0.1, -0.05) is 11.2 Å². The molecule has 0 N–H and O–H groups in total. The van der Waals surface area contributed by atoms with Gasteiger partial charge >= 0.3 is 0 Å². The van der Waals surface area contributed by atoms with Crippen LogP contribution in [0.2, 0.25) is 0 Å². The fraction of sp³-hybridized carbons (Fsp3) is 0. The molecule has 3 aromatic heterocycles. The standard InChI is InChI=1S/C10H6N2OS2/c1-2-9(14-5-1)8-6-15-10(11-8)7-3-4-13-12-7/h1-6H. The predicted molar refractivity (Wildman–Crippen MR) is 60.9 cm³/mol. The fourth-order valence-corrected chi connectivity index (χ4v) is 2.79. The highest BCUT2D eigenvalue weighted by atomic mass is 32.1. The third-order valence-corrected chi connectivity index (χ3v) is 3.69. The summed E-state index contributed by atoms with van der Waals surface area (Å²) in [6.07, 6.45) is 1.56. The molecule has 0 aliphatic rings. The Bertz CT molecular complexity index is 491. The normalized spacial score (nSPS) is 10.7. The summed E-state index contributed by atoms with van der Waals surface area (Å²) < 4.78 is 4.79. The summed E-state index contributed by atoms with van der Waals surface area (Å²) in [6.45, 7) is 0. The van der Waals surface area contributed by atoms with E-state index in [-0.39, 0.29) is 0 Å². The molecule has 0 radical (unpaired) electrons. The van der Waals surface area contributed by atoms with E-state index in [1.807, 2.05) is 22.9 Å². The summed E-state index contributed by atoms with van der Waals surface area (Å²) in [5.74, 6) is 0. The van der Waals surface area contributed by atoms with Gasteiger partial charge in [-0.25, -0.2) is 4.98 Å². The van der Waals surface area contributed by atoms with Crippen LogP contribution < -0.4 is 0 Å². The molecule has 3 nitrogen and oxygen atoms in total. The van der Waals surface area contributed by atoms with E-state index in [9.17, 15) is 0 Å². The Hall–Kier alpha value is -1.46. The van der Waals surface area contributed by atoms with Gasteiger partial charge in [0.15, 0.2) is 0 Å². The molecule has 5 heteroatoms. The van der Waals surface area contributed by atoms with Gasteiger partial charge in [0.2, 0.25) is 0 Å². The summed E-state index contributed by atoms with van der Waals surface area (Å²) in [5.41, 5.74) is 1.80. The molecule has 0 amide bonds. The molecule has 0 spiro atoms. The van der Waals surface area contributed by atoms with Crippen LogP contribution in [0, 0.1) is 0 Å². The van der Waals surface area contributed by atoms with Crippen LogP contribution in [-0.4, -0.2) is 10.1 Å². The predicted octanol–water partition coefficient (Wildman–Crippen LogP) is 3.53. The van der Waals surface area contributed by atoms with Crippen LogP contribution in [0.3, 0.4) is 0 Å². The van der Waals surface area contributed by atoms with Gasteiger partial charge in [0, 0.05) is 11.4 Å². The average Bonchev–Trinajstić information content (AvgIpc) is 3.02. The minimum atomic E-state index is 0.794. The lowest BCUT2D eigenvalue weighted by Gasteiger charge is -1.87. The summed E-state index contributed by atoms with van der Waals surface area (Å²) >= 11 is 3.27. The number of thiophene rings is 1. The minimum absolute atomic E-state index is 0.794. The van der Waals surface area contributed by atoms with Gasteiger partial charge in [0.05, 0.1) is 10.6 Å². The number of hydrogen-bond donors (Lipinski definition) is 0. The van der Waals surface area contributed by atoms with Crippen molar-refractivity contribution in [3.63, 3.8) is 0 Å². The molecule has 0 aromatic carbocycles. The van der Waals surface area contributed by atoms with E-state index in [1.54, 1.807) is 28.9 Å². The molecule has 0 saturated heterocycles. The Labute approximate surface area is 94.0 Å². The van der Waals surface area contributed by atoms with Crippen molar-refractivity contribution in [3.8, 4) is 21.3 Å². The maximum absolute atomic E-state index is 4.79. The Morgan fingerprint density at radius 1 is 1.13 bits per heavy atom. The molecule has 15 heavy (non-hydrogen) atoms. The highest BCUT2D eigenvalue weighted by Crippen LogP contribution is 2.30. The highest BCUT2D eigenvalue weighted by Gasteiger charge is 2.08. The fourth-order valence-electron chi connectivity index (χ4n) is 1.25. The monoisotopic (exact) mass is 234 g/mol. The van der Waals surface area contributed by atoms with E-state index in [1.165, 1.54) is 4.88 Å². The first-order valence-corrected chi connectivity index (χ1v) is 6.09. The van der Waals surface area contributed by atoms with Crippen molar-refractivity contribution in [2.75, 3.05) is 0 Å². The summed E-state index contributed by atoms with van der Waals surface area (Å²) in [6, 6.07) is 5.90. The first-order chi connectivity index (χ1) is 7.43. The molecule has 3 aromatic rings. The zero-order valence-electron chi connectivity index (χ0n) is 7.58. The minimum Gasteiger partial charge on any atom is -0.364 e. The zero-order chi connectivity index (χ0) is 10.1. The van der Waals surface area contributed by atoms with Crippen LogP contribution in [0.25, 0.3) is 21.3 Å². The SMILES string of the molecule is c1csc(-c2csc(-c3ccon3)n2)c1. The highest BCUT2D eigenvalue weighted by molar-refractivity contribution is 7.15. The maximum Gasteiger partial charge on any atom is 0.146 e. The largest absolute Gasteiger partial charge is 0.364 e. The van der Waals surface area contributed by atoms with Crippen molar-refractivity contribution in [1.29, 1.82) is 0 Å². The van der Waals surface area contributed by atoms with Crippen molar-refractivity contribution in [2.45, 2.75) is 0 Å². The Morgan fingerprint density at radius 3 is 2.87 bits per heavy atom. The van der Waals surface area contributed by atoms with Crippen molar-refractivity contribution < 1.29 is 4.52 Å². The molecule has 3 rings (SSSR count). The van der Waals surface area contributed by atoms with E-state index >= 15 is 0 Å². The topological polar surface area (TPSA) is 38.9 Å². The van der Waals surface area contributed by atoms with Gasteiger partial charge in [-0.2, -0.15) is 0 Å². The van der Waals surface area contributed by atoms with E-state index in [0.717, 1.165) is 16.4 Å². The molecular weight excluding hydrogens is 228 g/mol. The lowest BCUT2D eigenvalue weighted by Crippen LogP contribution is -1.75. The number of rotatable bonds is 2. The summed E-state index contributed by atoms with van der Waals surface area (Å²) in [4.78, 5) is 5.68. The number of nitrogens with zero attached hydrogens (tertiary/aromatic N) is 2. The quantitative estimate of drug-likeness (QED) is 0.681. The Balaban J connectivity index is 2.02. The van der Waals surface area contributed by atoms with Crippen molar-refractivity contribution in [2.24, 2.45) is 0 Å². The van der Waals surface area contributed by atoms with Crippen LogP contribution >= 0.6 is 22.7 Å². The number of aromatic nitrogens is 2. The lowest BCUT2D eigenvalue weighted by molar-refractivity contribution is 0.422. The summed E-state index contributed by atoms with van der Waals surface area (Å²) in [5, 5.41) is 8.84. The third-order valence-electron chi connectivity index (χ3n) is 1.93. The van der Waals surface area contributed by atoms with Gasteiger partial charge in [0.25, 0.3) is 0 Å². The Morgan fingerprint density at radius 2 is 2.13 bits per heavy atom. The summed E-state index contributed by atoms with van der Waals surface area (Å²) in [7, 11) is 0. The molecule has 0 fully saturated rings. The second-order valence-electron chi connectivity index (χ2n) is 2.90. The number of hydrogen-bond acceptors (Lipinski definition) is 5. The Kier molecular flexibility index (Phi) is 2.12. The average molecular weight is 234 g/mol. The second kappa shape index (κ2) is 3.60. The van der Waals surface area contributed by atoms with E-state index < -0.39 is 0 Å². The number of thiazole rings is 1. The smallest absolute Gasteiger partial charge is 0.146 e. The van der Waals surface area contributed by atoms with Crippen LogP contribution in [0.15, 0.2) is 39.7 Å². The van der Waals surface area contributed by atoms with Gasteiger partial charge < -0.3 is 4.52 Å². The van der Waals surface area contributed by atoms with Crippen molar-refractivity contribution in [1.82, 2.24) is 10.1 Å². The van der Waals surface area contributed by atoms with Crippen molar-refractivity contribution in [3.05, 3.63) is 35.2 Å². The van der Waals surface area contributed by atoms with Gasteiger partial charge in [-0.15, -0.1) is 22.7 Å². The second-order valence-corrected chi connectivity index (χ2v) is 4.71. The van der Waals surface area contributed by atoms with Gasteiger partial charge in [-0.3, -0.25) is 0 Å². The maximum atomic E-state index is 4.79. The van der Waals surface area contributed by atoms with Crippen molar-refractivity contribution >= 4 is 22.7 Å².